The van der Waals surface area contributed by atoms with Gasteiger partial charge in [-0.2, -0.15) is 5.10 Å². The van der Waals surface area contributed by atoms with Crippen molar-refractivity contribution in [2.24, 2.45) is 0 Å². The van der Waals surface area contributed by atoms with Crippen LogP contribution in [-0.2, 0) is 11.3 Å². The molecule has 2 N–H and O–H groups in total. The van der Waals surface area contributed by atoms with Crippen LogP contribution in [-0.4, -0.2) is 22.2 Å². The smallest absolute Gasteiger partial charge is 0.248 e. The van der Waals surface area contributed by atoms with Crippen LogP contribution in [0, 0.1) is 5.82 Å². The van der Waals surface area contributed by atoms with Gasteiger partial charge in [0.15, 0.2) is 0 Å². The minimum absolute atomic E-state index is 0.0996. The van der Waals surface area contributed by atoms with Crippen molar-refractivity contribution >= 4 is 17.4 Å². The number of nitrogen functional groups attached to an aromatic ring is 1. The summed E-state index contributed by atoms with van der Waals surface area (Å²) in [6.07, 6.45) is 1.64. The summed E-state index contributed by atoms with van der Waals surface area (Å²) >= 11 is 0. The van der Waals surface area contributed by atoms with E-state index in [2.05, 4.69) is 5.10 Å². The van der Waals surface area contributed by atoms with Crippen molar-refractivity contribution in [1.82, 2.24) is 9.78 Å². The number of halogens is 1. The van der Waals surface area contributed by atoms with E-state index in [0.29, 0.717) is 18.1 Å². The van der Waals surface area contributed by atoms with Gasteiger partial charge in [-0.15, -0.1) is 0 Å². The van der Waals surface area contributed by atoms with Crippen molar-refractivity contribution in [3.05, 3.63) is 42.3 Å². The maximum atomic E-state index is 12.9. The molecule has 6 heteroatoms. The first-order valence-electron chi connectivity index (χ1n) is 5.95. The summed E-state index contributed by atoms with van der Waals surface area (Å²) < 4.78 is 14.3. The minimum atomic E-state index is -0.327. The molecule has 1 heterocycles. The number of benzene rings is 1. The van der Waals surface area contributed by atoms with Crippen molar-refractivity contribution in [2.75, 3.05) is 17.2 Å². The summed E-state index contributed by atoms with van der Waals surface area (Å²) in [4.78, 5) is 13.7. The van der Waals surface area contributed by atoms with Gasteiger partial charge < -0.3 is 10.6 Å². The number of carbonyl (C=O) groups is 1. The second-order valence-corrected chi connectivity index (χ2v) is 4.05. The second-order valence-electron chi connectivity index (χ2n) is 4.05. The zero-order valence-corrected chi connectivity index (χ0v) is 10.6. The molecule has 0 aliphatic rings. The fourth-order valence-electron chi connectivity index (χ4n) is 1.81. The predicted octanol–water partition coefficient (Wildman–Crippen LogP) is 1.66. The number of amides is 1. The van der Waals surface area contributed by atoms with Gasteiger partial charge in [-0.3, -0.25) is 9.48 Å². The third kappa shape index (κ3) is 3.09. The van der Waals surface area contributed by atoms with Crippen LogP contribution < -0.4 is 10.6 Å². The molecular weight excluding hydrogens is 247 g/mol. The normalized spacial score (nSPS) is 10.4. The largest absolute Gasteiger partial charge is 0.382 e. The van der Waals surface area contributed by atoms with Gasteiger partial charge in [0.2, 0.25) is 5.91 Å². The van der Waals surface area contributed by atoms with Crippen LogP contribution in [0.1, 0.15) is 6.92 Å². The average Bonchev–Trinajstić information content (AvgIpc) is 2.78. The number of likely N-dealkylation sites (N-methyl/N-ethyl adjacent to an activating group) is 1. The lowest BCUT2D eigenvalue weighted by atomic mass is 10.2. The lowest BCUT2D eigenvalue weighted by Crippen LogP contribution is -2.33. The number of hydrogen-bond acceptors (Lipinski definition) is 3. The molecule has 1 amide bonds. The third-order valence-corrected chi connectivity index (χ3v) is 2.71. The fraction of sp³-hybridized carbons (Fsp3) is 0.231. The Hall–Kier alpha value is -2.37. The fourth-order valence-corrected chi connectivity index (χ4v) is 1.81. The van der Waals surface area contributed by atoms with E-state index in [1.165, 1.54) is 16.8 Å². The first kappa shape index (κ1) is 13.1. The molecule has 0 saturated heterocycles. The minimum Gasteiger partial charge on any atom is -0.382 e. The Balaban J connectivity index is 2.13. The lowest BCUT2D eigenvalue weighted by molar-refractivity contribution is -0.119. The Morgan fingerprint density at radius 1 is 1.37 bits per heavy atom. The predicted molar refractivity (Wildman–Crippen MR) is 71.1 cm³/mol. The van der Waals surface area contributed by atoms with E-state index in [1.807, 2.05) is 6.92 Å². The monoisotopic (exact) mass is 262 g/mol. The van der Waals surface area contributed by atoms with Crippen LogP contribution in [0.3, 0.4) is 0 Å². The van der Waals surface area contributed by atoms with E-state index < -0.39 is 0 Å². The summed E-state index contributed by atoms with van der Waals surface area (Å²) in [5.74, 6) is -0.0815. The van der Waals surface area contributed by atoms with Gasteiger partial charge in [0.05, 0.1) is 0 Å². The molecule has 0 unspecified atom stereocenters. The second kappa shape index (κ2) is 5.51. The molecular formula is C13H15FN4O. The van der Waals surface area contributed by atoms with Gasteiger partial charge in [0.1, 0.15) is 18.2 Å². The van der Waals surface area contributed by atoms with Gasteiger partial charge in [-0.25, -0.2) is 4.39 Å². The van der Waals surface area contributed by atoms with E-state index in [9.17, 15) is 9.18 Å². The van der Waals surface area contributed by atoms with Crippen LogP contribution in [0.25, 0.3) is 0 Å². The molecule has 5 nitrogen and oxygen atoms in total. The highest BCUT2D eigenvalue weighted by Crippen LogP contribution is 2.15. The van der Waals surface area contributed by atoms with Gasteiger partial charge in [-0.05, 0) is 37.3 Å². The van der Waals surface area contributed by atoms with Crippen LogP contribution in [0.2, 0.25) is 0 Å². The molecule has 0 radical (unpaired) electrons. The summed E-state index contributed by atoms with van der Waals surface area (Å²) in [5.41, 5.74) is 6.15. The van der Waals surface area contributed by atoms with Crippen molar-refractivity contribution in [3.8, 4) is 0 Å². The first-order chi connectivity index (χ1) is 9.10. The van der Waals surface area contributed by atoms with Gasteiger partial charge in [0.25, 0.3) is 0 Å². The summed E-state index contributed by atoms with van der Waals surface area (Å²) in [6.45, 7) is 2.46. The molecule has 0 fully saturated rings. The van der Waals surface area contributed by atoms with Gasteiger partial charge >= 0.3 is 0 Å². The van der Waals surface area contributed by atoms with Gasteiger partial charge in [-0.1, -0.05) is 0 Å². The maximum absolute atomic E-state index is 12.9. The Morgan fingerprint density at radius 2 is 2.05 bits per heavy atom. The lowest BCUT2D eigenvalue weighted by Gasteiger charge is -2.21. The highest BCUT2D eigenvalue weighted by atomic mass is 19.1. The Bertz CT molecular complexity index is 564. The van der Waals surface area contributed by atoms with E-state index in [0.717, 1.165) is 0 Å². The first-order valence-corrected chi connectivity index (χ1v) is 5.95. The maximum Gasteiger partial charge on any atom is 0.248 e. The number of rotatable bonds is 4. The number of aromatic nitrogens is 2. The molecule has 0 atom stereocenters. The number of hydrogen-bond donors (Lipinski definition) is 1. The molecule has 2 aromatic rings. The Morgan fingerprint density at radius 3 is 2.58 bits per heavy atom. The summed E-state index contributed by atoms with van der Waals surface area (Å²) in [6, 6.07) is 7.44. The molecule has 19 heavy (non-hydrogen) atoms. The van der Waals surface area contributed by atoms with E-state index in [4.69, 9.17) is 5.73 Å². The van der Waals surface area contributed by atoms with Crippen LogP contribution in [0.15, 0.2) is 36.5 Å². The van der Waals surface area contributed by atoms with E-state index >= 15 is 0 Å². The van der Waals surface area contributed by atoms with Gasteiger partial charge in [0, 0.05) is 18.4 Å². The molecule has 100 valence electrons. The number of carbonyl (C=O) groups excluding carboxylic acids is 1. The third-order valence-electron chi connectivity index (χ3n) is 2.71. The molecule has 1 aromatic carbocycles. The van der Waals surface area contributed by atoms with E-state index in [-0.39, 0.29) is 18.3 Å². The highest BCUT2D eigenvalue weighted by Gasteiger charge is 2.14. The van der Waals surface area contributed by atoms with Crippen molar-refractivity contribution in [2.45, 2.75) is 13.5 Å². The topological polar surface area (TPSA) is 64.2 Å². The Labute approximate surface area is 110 Å². The highest BCUT2D eigenvalue weighted by molar-refractivity contribution is 5.93. The van der Waals surface area contributed by atoms with Crippen LogP contribution >= 0.6 is 0 Å². The van der Waals surface area contributed by atoms with E-state index in [1.54, 1.807) is 29.3 Å². The quantitative estimate of drug-likeness (QED) is 0.911. The molecule has 0 bridgehead atoms. The summed E-state index contributed by atoms with van der Waals surface area (Å²) in [5, 5.41) is 3.96. The zero-order valence-electron chi connectivity index (χ0n) is 10.6. The van der Waals surface area contributed by atoms with Crippen molar-refractivity contribution in [1.29, 1.82) is 0 Å². The molecule has 0 spiro atoms. The molecule has 2 rings (SSSR count). The number of nitrogens with zero attached hydrogens (tertiary/aromatic N) is 3. The molecule has 0 aliphatic carbocycles. The zero-order chi connectivity index (χ0) is 13.8. The number of nitrogens with two attached hydrogens (primary N) is 1. The SMILES string of the molecule is CCN(C(=O)Cn1ccc(N)n1)c1ccc(F)cc1. The number of anilines is 2. The van der Waals surface area contributed by atoms with Crippen LogP contribution in [0.5, 0.6) is 0 Å². The molecule has 1 aromatic heterocycles. The van der Waals surface area contributed by atoms with Crippen molar-refractivity contribution < 1.29 is 9.18 Å². The Kier molecular flexibility index (Phi) is 3.79. The standard InChI is InChI=1S/C13H15FN4O/c1-2-18(11-5-3-10(14)4-6-11)13(19)9-17-8-7-12(15)16-17/h3-8H,2,9H2,1H3,(H2,15,16). The van der Waals surface area contributed by atoms with Crippen molar-refractivity contribution in [3.63, 3.8) is 0 Å². The molecule has 0 aliphatic heterocycles. The average molecular weight is 262 g/mol. The van der Waals surface area contributed by atoms with Crippen LogP contribution in [0.4, 0.5) is 15.9 Å². The summed E-state index contributed by atoms with van der Waals surface area (Å²) in [7, 11) is 0. The molecule has 0 saturated carbocycles.